The molecule has 0 spiro atoms. The van der Waals surface area contributed by atoms with Crippen molar-refractivity contribution in [2.75, 3.05) is 25.4 Å². The van der Waals surface area contributed by atoms with Gasteiger partial charge < -0.3 is 9.84 Å². The van der Waals surface area contributed by atoms with Crippen LogP contribution in [0.2, 0.25) is 10.0 Å². The first kappa shape index (κ1) is 25.0. The lowest BCUT2D eigenvalue weighted by Crippen LogP contribution is -2.40. The number of nitrogens with zero attached hydrogens (tertiary/aromatic N) is 3. The summed E-state index contributed by atoms with van der Waals surface area (Å²) in [4.78, 5) is 19.3. The van der Waals surface area contributed by atoms with Gasteiger partial charge in [-0.05, 0) is 67.9 Å². The van der Waals surface area contributed by atoms with E-state index in [2.05, 4.69) is 26.4 Å². The predicted molar refractivity (Wildman–Crippen MR) is 138 cm³/mol. The van der Waals surface area contributed by atoms with Crippen LogP contribution in [0.5, 0.6) is 0 Å². The molecule has 34 heavy (non-hydrogen) atoms. The summed E-state index contributed by atoms with van der Waals surface area (Å²) in [6.45, 7) is 2.96. The monoisotopic (exact) mass is 518 g/mol. The third-order valence-corrected chi connectivity index (χ3v) is 7.50. The molecule has 1 aliphatic rings. The number of amides is 1. The molecular weight excluding hydrogens is 491 g/mol. The molecule has 1 fully saturated rings. The number of hydrogen-bond acceptors (Lipinski definition) is 6. The summed E-state index contributed by atoms with van der Waals surface area (Å²) in [6.07, 6.45) is 2.63. The Bertz CT molecular complexity index is 1090. The fourth-order valence-electron chi connectivity index (χ4n) is 3.96. The summed E-state index contributed by atoms with van der Waals surface area (Å²) in [6, 6.07) is 15.4. The highest BCUT2D eigenvalue weighted by atomic mass is 35.5. The number of likely N-dealkylation sites (tertiary alicyclic amines) is 1. The molecule has 1 saturated heterocycles. The van der Waals surface area contributed by atoms with E-state index in [1.54, 1.807) is 0 Å². The molecule has 1 aromatic heterocycles. The first-order chi connectivity index (χ1) is 16.6. The van der Waals surface area contributed by atoms with Gasteiger partial charge in [0.15, 0.2) is 0 Å². The molecule has 1 aliphatic heterocycles. The average molecular weight is 519 g/mol. The molecule has 4 rings (SSSR count). The summed E-state index contributed by atoms with van der Waals surface area (Å²) in [7, 11) is 0. The smallest absolute Gasteiger partial charge is 0.241 e. The Hall–Kier alpha value is -2.06. The maximum absolute atomic E-state index is 12.5. The molecule has 9 heteroatoms. The third-order valence-electron chi connectivity index (χ3n) is 5.82. The van der Waals surface area contributed by atoms with E-state index < -0.39 is 0 Å². The maximum atomic E-state index is 12.5. The number of aromatic nitrogens is 2. The van der Waals surface area contributed by atoms with Crippen LogP contribution in [0.3, 0.4) is 0 Å². The summed E-state index contributed by atoms with van der Waals surface area (Å²) in [5.41, 5.74) is 1.99. The van der Waals surface area contributed by atoms with Crippen LogP contribution in [0.1, 0.15) is 30.7 Å². The van der Waals surface area contributed by atoms with Gasteiger partial charge in [0.1, 0.15) is 0 Å². The summed E-state index contributed by atoms with van der Waals surface area (Å²) < 4.78 is 5.42. The number of nitrogens with one attached hydrogen (secondary N) is 1. The highest BCUT2D eigenvalue weighted by Crippen LogP contribution is 2.26. The highest BCUT2D eigenvalue weighted by Gasteiger charge is 2.26. The molecular formula is C25H28Cl2N4O2S. The van der Waals surface area contributed by atoms with E-state index in [4.69, 9.17) is 27.7 Å². The second kappa shape index (κ2) is 12.6. The van der Waals surface area contributed by atoms with Crippen molar-refractivity contribution in [2.24, 2.45) is 5.92 Å². The van der Waals surface area contributed by atoms with Gasteiger partial charge in [0.2, 0.25) is 17.6 Å². The van der Waals surface area contributed by atoms with Gasteiger partial charge in [0.05, 0.1) is 11.6 Å². The number of piperidine rings is 1. The van der Waals surface area contributed by atoms with Crippen LogP contribution in [0.4, 0.5) is 0 Å². The Kier molecular flexibility index (Phi) is 9.27. The number of rotatable bonds is 10. The minimum atomic E-state index is 0.0664. The molecule has 2 heterocycles. The maximum Gasteiger partial charge on any atom is 0.241 e. The van der Waals surface area contributed by atoms with Crippen LogP contribution in [0.25, 0.3) is 11.4 Å². The average Bonchev–Trinajstić information content (AvgIpc) is 3.30. The van der Waals surface area contributed by atoms with Gasteiger partial charge in [0.25, 0.3) is 0 Å². The molecule has 0 atom stereocenters. The van der Waals surface area contributed by atoms with Crippen LogP contribution in [-0.2, 0) is 17.1 Å². The molecule has 6 nitrogen and oxygen atoms in total. The lowest BCUT2D eigenvalue weighted by atomic mass is 9.96. The molecule has 2 aromatic carbocycles. The topological polar surface area (TPSA) is 71.3 Å². The number of halogens is 2. The Balaban J connectivity index is 1.12. The van der Waals surface area contributed by atoms with Gasteiger partial charge in [-0.25, -0.2) is 0 Å². The second-order valence-electron chi connectivity index (χ2n) is 8.37. The summed E-state index contributed by atoms with van der Waals surface area (Å²) in [5.74, 6) is 3.24. The van der Waals surface area contributed by atoms with Crippen molar-refractivity contribution in [3.8, 4) is 11.4 Å². The number of benzene rings is 2. The van der Waals surface area contributed by atoms with Gasteiger partial charge in [-0.2, -0.15) is 16.7 Å². The standard InChI is InChI=1S/C25H28Cl2N4O2S/c26-20-6-3-5-18(15-20)17-34-14-4-11-28-25(32)19-9-12-31(13-10-19)16-23-29-24(30-33-23)21-7-1-2-8-22(21)27/h1-3,5-8,15,19H,4,9-14,16-17H2,(H,28,32). The van der Waals surface area contributed by atoms with Gasteiger partial charge in [-0.15, -0.1) is 0 Å². The van der Waals surface area contributed by atoms with Crippen LogP contribution in [0.15, 0.2) is 53.1 Å². The lowest BCUT2D eigenvalue weighted by molar-refractivity contribution is -0.126. The second-order valence-corrected chi connectivity index (χ2v) is 10.3. The fourth-order valence-corrected chi connectivity index (χ4v) is 5.30. The molecule has 0 unspecified atom stereocenters. The SMILES string of the molecule is O=C(NCCCSCc1cccc(Cl)c1)C1CCN(Cc2nc(-c3ccccc3Cl)no2)CC1. The molecule has 0 bridgehead atoms. The Morgan fingerprint density at radius 1 is 1.15 bits per heavy atom. The first-order valence-electron chi connectivity index (χ1n) is 11.5. The first-order valence-corrected chi connectivity index (χ1v) is 13.4. The van der Waals surface area contributed by atoms with E-state index in [-0.39, 0.29) is 11.8 Å². The normalized spacial score (nSPS) is 14.9. The van der Waals surface area contributed by atoms with Gasteiger partial charge in [0, 0.05) is 28.8 Å². The lowest BCUT2D eigenvalue weighted by Gasteiger charge is -2.30. The Morgan fingerprint density at radius 2 is 1.97 bits per heavy atom. The molecule has 1 N–H and O–H groups in total. The van der Waals surface area contributed by atoms with E-state index in [1.807, 2.05) is 54.2 Å². The van der Waals surface area contributed by atoms with Crippen LogP contribution < -0.4 is 5.32 Å². The van der Waals surface area contributed by atoms with Crippen molar-refractivity contribution in [1.82, 2.24) is 20.4 Å². The molecule has 1 amide bonds. The van der Waals surface area contributed by atoms with Crippen molar-refractivity contribution < 1.29 is 9.32 Å². The van der Waals surface area contributed by atoms with Gasteiger partial charge >= 0.3 is 0 Å². The Morgan fingerprint density at radius 3 is 2.76 bits per heavy atom. The minimum absolute atomic E-state index is 0.0664. The molecule has 180 valence electrons. The number of thioether (sulfide) groups is 1. The van der Waals surface area contributed by atoms with Crippen molar-refractivity contribution >= 4 is 40.9 Å². The van der Waals surface area contributed by atoms with E-state index in [0.717, 1.165) is 54.4 Å². The van der Waals surface area contributed by atoms with E-state index in [9.17, 15) is 4.79 Å². The van der Waals surface area contributed by atoms with Crippen LogP contribution in [-0.4, -0.2) is 46.3 Å². The third kappa shape index (κ3) is 7.22. The molecule has 0 radical (unpaired) electrons. The zero-order valence-corrected chi connectivity index (χ0v) is 21.2. The minimum Gasteiger partial charge on any atom is -0.356 e. The van der Waals surface area contributed by atoms with Crippen molar-refractivity contribution in [1.29, 1.82) is 0 Å². The fraction of sp³-hybridized carbons (Fsp3) is 0.400. The highest BCUT2D eigenvalue weighted by molar-refractivity contribution is 7.98. The molecule has 0 aliphatic carbocycles. The Labute approximate surface area is 214 Å². The summed E-state index contributed by atoms with van der Waals surface area (Å²) in [5, 5.41) is 8.54. The van der Waals surface area contributed by atoms with Crippen molar-refractivity contribution in [2.45, 2.75) is 31.6 Å². The number of hydrogen-bond donors (Lipinski definition) is 1. The molecule has 3 aromatic rings. The predicted octanol–water partition coefficient (Wildman–Crippen LogP) is 5.70. The number of carbonyl (C=O) groups is 1. The van der Waals surface area contributed by atoms with Crippen LogP contribution >= 0.6 is 35.0 Å². The van der Waals surface area contributed by atoms with Gasteiger partial charge in [-0.1, -0.05) is 52.6 Å². The molecule has 0 saturated carbocycles. The van der Waals surface area contributed by atoms with Crippen molar-refractivity contribution in [3.05, 3.63) is 70.0 Å². The zero-order valence-electron chi connectivity index (χ0n) is 18.9. The van der Waals surface area contributed by atoms with Crippen molar-refractivity contribution in [3.63, 3.8) is 0 Å². The van der Waals surface area contributed by atoms with Crippen LogP contribution in [0, 0.1) is 5.92 Å². The van der Waals surface area contributed by atoms with Gasteiger partial charge in [-0.3, -0.25) is 9.69 Å². The van der Waals surface area contributed by atoms with E-state index >= 15 is 0 Å². The zero-order chi connectivity index (χ0) is 23.8. The number of carbonyl (C=O) groups excluding carboxylic acids is 1. The summed E-state index contributed by atoms with van der Waals surface area (Å²) >= 11 is 14.1. The van der Waals surface area contributed by atoms with E-state index in [0.29, 0.717) is 29.8 Å². The van der Waals surface area contributed by atoms with E-state index in [1.165, 1.54) is 5.56 Å². The largest absolute Gasteiger partial charge is 0.356 e. The quantitative estimate of drug-likeness (QED) is 0.347.